The summed E-state index contributed by atoms with van der Waals surface area (Å²) in [7, 11) is 0. The van der Waals surface area contributed by atoms with Crippen molar-refractivity contribution in [3.05, 3.63) is 30.3 Å². The molecular weight excluding hydrogens is 300 g/mol. The number of carbonyl (C=O) groups excluding carboxylic acids is 1. The van der Waals surface area contributed by atoms with Gasteiger partial charge < -0.3 is 10.4 Å². The molecule has 2 amide bonds. The number of nitrogens with one attached hydrogen (secondary N) is 2. The SMILES string of the molecule is CC(C)(C)C(O)CNC(=O)Nc1nnc(-c2ccccc2)s1. The molecule has 2 rings (SSSR count). The first-order chi connectivity index (χ1) is 10.4. The van der Waals surface area contributed by atoms with Crippen LogP contribution < -0.4 is 10.6 Å². The van der Waals surface area contributed by atoms with Crippen molar-refractivity contribution in [2.45, 2.75) is 26.9 Å². The van der Waals surface area contributed by atoms with Crippen LogP contribution in [0.15, 0.2) is 30.3 Å². The zero-order valence-corrected chi connectivity index (χ0v) is 13.6. The second-order valence-corrected chi connectivity index (χ2v) is 6.97. The Labute approximate surface area is 133 Å². The molecule has 0 radical (unpaired) electrons. The van der Waals surface area contributed by atoms with E-state index in [0.717, 1.165) is 10.6 Å². The molecule has 1 aromatic heterocycles. The number of aliphatic hydroxyl groups excluding tert-OH is 1. The van der Waals surface area contributed by atoms with Gasteiger partial charge in [0.05, 0.1) is 6.10 Å². The van der Waals surface area contributed by atoms with Gasteiger partial charge in [0.15, 0.2) is 0 Å². The van der Waals surface area contributed by atoms with Crippen LogP contribution in [0.3, 0.4) is 0 Å². The summed E-state index contributed by atoms with van der Waals surface area (Å²) < 4.78 is 0. The van der Waals surface area contributed by atoms with Gasteiger partial charge in [-0.05, 0) is 5.41 Å². The molecule has 0 saturated heterocycles. The molecule has 118 valence electrons. The zero-order chi connectivity index (χ0) is 16.2. The summed E-state index contributed by atoms with van der Waals surface area (Å²) >= 11 is 1.30. The van der Waals surface area contributed by atoms with Crippen LogP contribution in [0.5, 0.6) is 0 Å². The number of rotatable bonds is 4. The molecule has 3 N–H and O–H groups in total. The summed E-state index contributed by atoms with van der Waals surface area (Å²) in [6.45, 7) is 5.91. The van der Waals surface area contributed by atoms with Gasteiger partial charge >= 0.3 is 6.03 Å². The first-order valence-electron chi connectivity index (χ1n) is 6.98. The van der Waals surface area contributed by atoms with E-state index in [-0.39, 0.29) is 12.0 Å². The number of anilines is 1. The molecule has 0 fully saturated rings. The van der Waals surface area contributed by atoms with Crippen LogP contribution in [0.25, 0.3) is 10.6 Å². The van der Waals surface area contributed by atoms with Crippen molar-refractivity contribution in [2.75, 3.05) is 11.9 Å². The fourth-order valence-corrected chi connectivity index (χ4v) is 2.35. The van der Waals surface area contributed by atoms with Crippen LogP contribution in [0.4, 0.5) is 9.93 Å². The van der Waals surface area contributed by atoms with E-state index >= 15 is 0 Å². The summed E-state index contributed by atoms with van der Waals surface area (Å²) in [5.74, 6) is 0. The van der Waals surface area contributed by atoms with Crippen molar-refractivity contribution in [3.63, 3.8) is 0 Å². The summed E-state index contributed by atoms with van der Waals surface area (Å²) in [6, 6.07) is 9.24. The number of benzene rings is 1. The van der Waals surface area contributed by atoms with Gasteiger partial charge in [-0.25, -0.2) is 4.79 Å². The number of urea groups is 1. The van der Waals surface area contributed by atoms with Gasteiger partial charge in [0.1, 0.15) is 5.01 Å². The first kappa shape index (κ1) is 16.4. The third kappa shape index (κ3) is 4.51. The lowest BCUT2D eigenvalue weighted by molar-refractivity contribution is 0.0654. The van der Waals surface area contributed by atoms with E-state index in [1.807, 2.05) is 51.1 Å². The van der Waals surface area contributed by atoms with Crippen LogP contribution in [-0.4, -0.2) is 34.0 Å². The van der Waals surface area contributed by atoms with Gasteiger partial charge in [-0.15, -0.1) is 10.2 Å². The number of hydrogen-bond acceptors (Lipinski definition) is 5. The lowest BCUT2D eigenvalue weighted by atomic mass is 9.89. The van der Waals surface area contributed by atoms with Crippen LogP contribution in [0.2, 0.25) is 0 Å². The van der Waals surface area contributed by atoms with Gasteiger partial charge in [0.25, 0.3) is 0 Å². The number of carbonyl (C=O) groups is 1. The molecule has 1 unspecified atom stereocenters. The monoisotopic (exact) mass is 320 g/mol. The zero-order valence-electron chi connectivity index (χ0n) is 12.8. The molecule has 1 aromatic carbocycles. The van der Waals surface area contributed by atoms with E-state index in [9.17, 15) is 9.90 Å². The largest absolute Gasteiger partial charge is 0.391 e. The third-order valence-corrected chi connectivity index (χ3v) is 4.01. The molecule has 2 aromatic rings. The van der Waals surface area contributed by atoms with E-state index in [0.29, 0.717) is 5.13 Å². The maximum absolute atomic E-state index is 11.8. The molecule has 0 bridgehead atoms. The second kappa shape index (κ2) is 6.85. The normalized spacial score (nSPS) is 12.7. The molecular formula is C15H20N4O2S. The lowest BCUT2D eigenvalue weighted by Gasteiger charge is -2.25. The summed E-state index contributed by atoms with van der Waals surface area (Å²) in [5, 5.41) is 24.3. The third-order valence-electron chi connectivity index (χ3n) is 3.12. The Morgan fingerprint density at radius 3 is 2.59 bits per heavy atom. The lowest BCUT2D eigenvalue weighted by Crippen LogP contribution is -2.40. The highest BCUT2D eigenvalue weighted by Crippen LogP contribution is 2.25. The minimum atomic E-state index is -0.618. The fraction of sp³-hybridized carbons (Fsp3) is 0.400. The Kier molecular flexibility index (Phi) is 5.10. The highest BCUT2D eigenvalue weighted by molar-refractivity contribution is 7.18. The molecule has 0 spiro atoms. The Morgan fingerprint density at radius 2 is 1.95 bits per heavy atom. The molecule has 1 heterocycles. The van der Waals surface area contributed by atoms with Crippen molar-refractivity contribution in [1.29, 1.82) is 0 Å². The van der Waals surface area contributed by atoms with Gasteiger partial charge in [-0.2, -0.15) is 0 Å². The molecule has 6 nitrogen and oxygen atoms in total. The molecule has 22 heavy (non-hydrogen) atoms. The molecule has 0 saturated carbocycles. The van der Waals surface area contributed by atoms with Gasteiger partial charge in [0, 0.05) is 12.1 Å². The maximum atomic E-state index is 11.8. The van der Waals surface area contributed by atoms with E-state index in [4.69, 9.17) is 0 Å². The Balaban J connectivity index is 1.89. The first-order valence-corrected chi connectivity index (χ1v) is 7.80. The van der Waals surface area contributed by atoms with E-state index in [1.165, 1.54) is 11.3 Å². The minimum absolute atomic E-state index is 0.180. The number of amides is 2. The summed E-state index contributed by atoms with van der Waals surface area (Å²) in [4.78, 5) is 11.8. The maximum Gasteiger partial charge on any atom is 0.321 e. The highest BCUT2D eigenvalue weighted by Gasteiger charge is 2.22. The highest BCUT2D eigenvalue weighted by atomic mass is 32.1. The van der Waals surface area contributed by atoms with Crippen LogP contribution in [-0.2, 0) is 0 Å². The second-order valence-electron chi connectivity index (χ2n) is 6.00. The standard InChI is InChI=1S/C15H20N4O2S/c1-15(2,3)11(20)9-16-13(21)17-14-19-18-12(22-14)10-7-5-4-6-8-10/h4-8,11,20H,9H2,1-3H3,(H2,16,17,19,21). The molecule has 1 atom stereocenters. The molecule has 7 heteroatoms. The Morgan fingerprint density at radius 1 is 1.27 bits per heavy atom. The van der Waals surface area contributed by atoms with Crippen molar-refractivity contribution in [2.24, 2.45) is 5.41 Å². The van der Waals surface area contributed by atoms with Gasteiger partial charge in [-0.3, -0.25) is 5.32 Å². The minimum Gasteiger partial charge on any atom is -0.391 e. The average molecular weight is 320 g/mol. The predicted octanol–water partition coefficient (Wildman–Crippen LogP) is 2.73. The predicted molar refractivity (Wildman–Crippen MR) is 87.8 cm³/mol. The van der Waals surface area contributed by atoms with Gasteiger partial charge in [-0.1, -0.05) is 62.4 Å². The van der Waals surface area contributed by atoms with Crippen LogP contribution in [0, 0.1) is 5.41 Å². The van der Waals surface area contributed by atoms with Crippen molar-refractivity contribution < 1.29 is 9.90 Å². The summed E-state index contributed by atoms with van der Waals surface area (Å²) in [5.41, 5.74) is 0.674. The van der Waals surface area contributed by atoms with Gasteiger partial charge in [0.2, 0.25) is 5.13 Å². The topological polar surface area (TPSA) is 87.1 Å². The quantitative estimate of drug-likeness (QED) is 0.808. The molecule has 0 aliphatic rings. The number of aromatic nitrogens is 2. The smallest absolute Gasteiger partial charge is 0.321 e. The number of hydrogen-bond donors (Lipinski definition) is 3. The van der Waals surface area contributed by atoms with Crippen LogP contribution in [0.1, 0.15) is 20.8 Å². The molecule has 0 aliphatic heterocycles. The van der Waals surface area contributed by atoms with Crippen molar-refractivity contribution in [3.8, 4) is 10.6 Å². The van der Waals surface area contributed by atoms with Crippen LogP contribution >= 0.6 is 11.3 Å². The van der Waals surface area contributed by atoms with E-state index in [1.54, 1.807) is 0 Å². The number of aliphatic hydroxyl groups is 1. The Bertz CT molecular complexity index is 622. The van der Waals surface area contributed by atoms with E-state index < -0.39 is 12.1 Å². The van der Waals surface area contributed by atoms with Crippen molar-refractivity contribution >= 4 is 22.5 Å². The van der Waals surface area contributed by atoms with Crippen molar-refractivity contribution in [1.82, 2.24) is 15.5 Å². The Hall–Kier alpha value is -1.99. The van der Waals surface area contributed by atoms with E-state index in [2.05, 4.69) is 20.8 Å². The average Bonchev–Trinajstić information content (AvgIpc) is 2.93. The number of nitrogens with zero attached hydrogens (tertiary/aromatic N) is 2. The summed E-state index contributed by atoms with van der Waals surface area (Å²) in [6.07, 6.45) is -0.618. The molecule has 0 aliphatic carbocycles. The fourth-order valence-electron chi connectivity index (χ4n) is 1.61.